The summed E-state index contributed by atoms with van der Waals surface area (Å²) in [6.07, 6.45) is 3.60. The number of nitrogens with zero attached hydrogens (tertiary/aromatic N) is 1. The molecule has 1 aliphatic heterocycles. The first-order valence-corrected chi connectivity index (χ1v) is 9.20. The Labute approximate surface area is 177 Å². The Morgan fingerprint density at radius 1 is 1.11 bits per heavy atom. The van der Waals surface area contributed by atoms with Gasteiger partial charge in [-0.05, 0) is 30.7 Å². The molecule has 0 amide bonds. The van der Waals surface area contributed by atoms with Crippen LogP contribution >= 0.6 is 24.0 Å². The summed E-state index contributed by atoms with van der Waals surface area (Å²) < 4.78 is 16.5. The Bertz CT molecular complexity index is 644. The van der Waals surface area contributed by atoms with E-state index in [1.165, 1.54) is 0 Å². The van der Waals surface area contributed by atoms with Gasteiger partial charge in [0.1, 0.15) is 18.1 Å². The van der Waals surface area contributed by atoms with Crippen molar-refractivity contribution in [3.8, 4) is 5.75 Å². The van der Waals surface area contributed by atoms with Crippen molar-refractivity contribution >= 4 is 29.9 Å². The minimum Gasteiger partial charge on any atom is -0.492 e. The molecule has 1 aromatic carbocycles. The second-order valence-electron chi connectivity index (χ2n) is 6.26. The molecule has 1 atom stereocenters. The molecule has 0 radical (unpaired) electrons. The zero-order valence-electron chi connectivity index (χ0n) is 15.4. The lowest BCUT2D eigenvalue weighted by molar-refractivity contribution is 0.187. The summed E-state index contributed by atoms with van der Waals surface area (Å²) in [7, 11) is 0. The maximum absolute atomic E-state index is 5.72. The van der Waals surface area contributed by atoms with Crippen molar-refractivity contribution in [2.24, 2.45) is 10.9 Å². The molecule has 1 fully saturated rings. The molecule has 0 aliphatic carbocycles. The summed E-state index contributed by atoms with van der Waals surface area (Å²) in [5.74, 6) is 3.16. The molecule has 1 saturated heterocycles. The van der Waals surface area contributed by atoms with Crippen molar-refractivity contribution in [1.82, 2.24) is 10.6 Å². The largest absolute Gasteiger partial charge is 0.492 e. The van der Waals surface area contributed by atoms with Crippen LogP contribution in [-0.4, -0.2) is 45.4 Å². The molecule has 7 heteroatoms. The predicted molar refractivity (Wildman–Crippen MR) is 117 cm³/mol. The van der Waals surface area contributed by atoms with E-state index in [4.69, 9.17) is 18.9 Å². The summed E-state index contributed by atoms with van der Waals surface area (Å²) in [6, 6.07) is 13.7. The standard InChI is InChI=1S/C20H27N3O3.HI/c1-2-5-18(6-3-1)26-14-11-22-20(23-15-17-9-13-24-16-17)21-10-8-19-7-4-12-25-19;/h1-7,12,17H,8-11,13-16H2,(H2,21,22,23);1H. The second kappa shape index (κ2) is 12.6. The van der Waals surface area contributed by atoms with Crippen LogP contribution in [0.3, 0.4) is 0 Å². The zero-order chi connectivity index (χ0) is 17.9. The SMILES string of the molecule is I.c1ccc(OCCNC(=NCC2CCOC2)NCCc2ccco2)cc1. The summed E-state index contributed by atoms with van der Waals surface area (Å²) in [5.41, 5.74) is 0. The molecule has 148 valence electrons. The van der Waals surface area contributed by atoms with Gasteiger partial charge in [0, 0.05) is 32.0 Å². The predicted octanol–water partition coefficient (Wildman–Crippen LogP) is 3.09. The molecule has 1 unspecified atom stereocenters. The molecule has 1 aromatic heterocycles. The summed E-state index contributed by atoms with van der Waals surface area (Å²) in [4.78, 5) is 4.70. The Morgan fingerprint density at radius 2 is 1.96 bits per heavy atom. The second-order valence-corrected chi connectivity index (χ2v) is 6.26. The van der Waals surface area contributed by atoms with Crippen molar-refractivity contribution in [1.29, 1.82) is 0 Å². The van der Waals surface area contributed by atoms with E-state index in [0.29, 0.717) is 19.1 Å². The summed E-state index contributed by atoms with van der Waals surface area (Å²) in [5, 5.41) is 6.70. The number of halogens is 1. The van der Waals surface area contributed by atoms with Crippen LogP contribution in [0.4, 0.5) is 0 Å². The fraction of sp³-hybridized carbons (Fsp3) is 0.450. The van der Waals surface area contributed by atoms with E-state index in [1.54, 1.807) is 6.26 Å². The lowest BCUT2D eigenvalue weighted by Crippen LogP contribution is -2.40. The average molecular weight is 485 g/mol. The number of ether oxygens (including phenoxy) is 2. The molecule has 0 bridgehead atoms. The highest BCUT2D eigenvalue weighted by Gasteiger charge is 2.15. The zero-order valence-corrected chi connectivity index (χ0v) is 17.8. The number of aliphatic imine (C=N–C) groups is 1. The molecule has 3 rings (SSSR count). The molecule has 2 aromatic rings. The summed E-state index contributed by atoms with van der Waals surface area (Å²) in [6.45, 7) is 4.45. The number of guanidine groups is 1. The third-order valence-electron chi connectivity index (χ3n) is 4.18. The lowest BCUT2D eigenvalue weighted by Gasteiger charge is -2.14. The fourth-order valence-electron chi connectivity index (χ4n) is 2.74. The van der Waals surface area contributed by atoms with Gasteiger partial charge in [0.2, 0.25) is 0 Å². The van der Waals surface area contributed by atoms with Gasteiger partial charge < -0.3 is 24.5 Å². The smallest absolute Gasteiger partial charge is 0.191 e. The van der Waals surface area contributed by atoms with Gasteiger partial charge in [0.15, 0.2) is 5.96 Å². The van der Waals surface area contributed by atoms with Gasteiger partial charge in [-0.1, -0.05) is 18.2 Å². The number of hydrogen-bond donors (Lipinski definition) is 2. The van der Waals surface area contributed by atoms with Crippen LogP contribution in [0.1, 0.15) is 12.2 Å². The Morgan fingerprint density at radius 3 is 2.70 bits per heavy atom. The molecular formula is C20H28IN3O3. The number of furan rings is 1. The molecular weight excluding hydrogens is 457 g/mol. The van der Waals surface area contributed by atoms with Crippen LogP contribution in [0.25, 0.3) is 0 Å². The van der Waals surface area contributed by atoms with E-state index in [1.807, 2.05) is 42.5 Å². The van der Waals surface area contributed by atoms with Crippen molar-refractivity contribution in [3.63, 3.8) is 0 Å². The molecule has 1 aliphatic rings. The summed E-state index contributed by atoms with van der Waals surface area (Å²) >= 11 is 0. The van der Waals surface area contributed by atoms with Crippen LogP contribution in [-0.2, 0) is 11.2 Å². The van der Waals surface area contributed by atoms with E-state index < -0.39 is 0 Å². The molecule has 27 heavy (non-hydrogen) atoms. The van der Waals surface area contributed by atoms with Crippen molar-refractivity contribution in [3.05, 3.63) is 54.5 Å². The third kappa shape index (κ3) is 8.21. The highest BCUT2D eigenvalue weighted by Crippen LogP contribution is 2.12. The van der Waals surface area contributed by atoms with Crippen molar-refractivity contribution in [2.75, 3.05) is 39.5 Å². The van der Waals surface area contributed by atoms with Gasteiger partial charge in [-0.15, -0.1) is 24.0 Å². The van der Waals surface area contributed by atoms with E-state index in [-0.39, 0.29) is 24.0 Å². The molecule has 2 N–H and O–H groups in total. The van der Waals surface area contributed by atoms with Crippen LogP contribution in [0.5, 0.6) is 5.75 Å². The van der Waals surface area contributed by atoms with E-state index in [0.717, 1.165) is 56.6 Å². The highest BCUT2D eigenvalue weighted by atomic mass is 127. The first-order chi connectivity index (χ1) is 12.9. The van der Waals surface area contributed by atoms with Gasteiger partial charge >= 0.3 is 0 Å². The normalized spacial score (nSPS) is 16.6. The molecule has 2 heterocycles. The average Bonchev–Trinajstić information content (AvgIpc) is 3.37. The van der Waals surface area contributed by atoms with E-state index in [9.17, 15) is 0 Å². The first kappa shape index (κ1) is 21.6. The van der Waals surface area contributed by atoms with Crippen molar-refractivity contribution in [2.45, 2.75) is 12.8 Å². The van der Waals surface area contributed by atoms with Gasteiger partial charge in [-0.3, -0.25) is 4.99 Å². The number of para-hydroxylation sites is 1. The minimum atomic E-state index is 0. The number of hydrogen-bond acceptors (Lipinski definition) is 4. The molecule has 6 nitrogen and oxygen atoms in total. The molecule has 0 spiro atoms. The van der Waals surface area contributed by atoms with E-state index in [2.05, 4.69) is 10.6 Å². The van der Waals surface area contributed by atoms with Crippen LogP contribution in [0.2, 0.25) is 0 Å². The number of rotatable bonds is 9. The van der Waals surface area contributed by atoms with Crippen molar-refractivity contribution < 1.29 is 13.9 Å². The maximum Gasteiger partial charge on any atom is 0.191 e. The Balaban J connectivity index is 0.00000261. The topological polar surface area (TPSA) is 68.0 Å². The van der Waals surface area contributed by atoms with Crippen LogP contribution in [0, 0.1) is 5.92 Å². The van der Waals surface area contributed by atoms with E-state index >= 15 is 0 Å². The Hall–Kier alpha value is -1.74. The molecule has 0 saturated carbocycles. The third-order valence-corrected chi connectivity index (χ3v) is 4.18. The Kier molecular flexibility index (Phi) is 10.1. The fourth-order valence-corrected chi connectivity index (χ4v) is 2.74. The first-order valence-electron chi connectivity index (χ1n) is 9.20. The number of benzene rings is 1. The van der Waals surface area contributed by atoms with Gasteiger partial charge in [-0.2, -0.15) is 0 Å². The maximum atomic E-state index is 5.72. The van der Waals surface area contributed by atoms with Gasteiger partial charge in [-0.25, -0.2) is 0 Å². The number of nitrogens with one attached hydrogen (secondary N) is 2. The quantitative estimate of drug-likeness (QED) is 0.247. The minimum absolute atomic E-state index is 0. The monoisotopic (exact) mass is 485 g/mol. The van der Waals surface area contributed by atoms with Crippen LogP contribution < -0.4 is 15.4 Å². The highest BCUT2D eigenvalue weighted by molar-refractivity contribution is 14.0. The van der Waals surface area contributed by atoms with Gasteiger partial charge in [0.05, 0.1) is 19.4 Å². The lowest BCUT2D eigenvalue weighted by atomic mass is 10.1. The van der Waals surface area contributed by atoms with Crippen LogP contribution in [0.15, 0.2) is 58.1 Å². The van der Waals surface area contributed by atoms with Gasteiger partial charge in [0.25, 0.3) is 0 Å².